The molecule has 370 valence electrons. The minimum Gasteiger partial charge on any atom is -0.380 e. The van der Waals surface area contributed by atoms with E-state index >= 15 is 0 Å². The Morgan fingerprint density at radius 2 is 1.26 bits per heavy atom. The van der Waals surface area contributed by atoms with Crippen molar-refractivity contribution < 1.29 is 28.2 Å². The van der Waals surface area contributed by atoms with E-state index in [0.717, 1.165) is 29.0 Å². The second kappa shape index (κ2) is 19.5. The number of pyridine rings is 3. The van der Waals surface area contributed by atoms with Gasteiger partial charge in [0.05, 0.1) is 39.3 Å². The number of benzene rings is 5. The summed E-state index contributed by atoms with van der Waals surface area (Å²) >= 11 is 28.4. The van der Waals surface area contributed by atoms with Crippen molar-refractivity contribution in [3.8, 4) is 22.3 Å². The quantitative estimate of drug-likeness (QED) is 0.131. The molecule has 1 aliphatic heterocycles. The standard InChI is InChI=1S/C57H45Cl4F3N6O3/c1-32-24-41(27-43-49(58)47(53(60)67-51(32)43)35-10-6-4-7-11-35)55(72,39-20-22-70(23-21-39)33(2)71)38-16-14-34(15-17-38)25-37-26-42(28-44-50(59)48(54(61)68-52(37)44)36-12-8-5-9-13-36)56(73,46-30-65-31-69(46)3)40-18-19-45(66-29-40)57(62,63)64/h4-19,24,26-31,39,72-73H,20-23,25H2,1-3H3. The van der Waals surface area contributed by atoms with Crippen LogP contribution in [0.25, 0.3) is 44.1 Å². The van der Waals surface area contributed by atoms with E-state index < -0.39 is 23.1 Å². The van der Waals surface area contributed by atoms with Crippen LogP contribution in [0, 0.1) is 12.8 Å². The molecule has 5 aromatic carbocycles. The zero-order valence-corrected chi connectivity index (χ0v) is 42.5. The van der Waals surface area contributed by atoms with Crippen molar-refractivity contribution in [3.05, 3.63) is 211 Å². The SMILES string of the molecule is CC(=O)N1CCC(C(O)(c2ccc(Cc3cc(C(O)(c4ccc(C(F)(F)F)nc4)c4cncn4C)cc4c(Cl)c(-c5ccccc5)c(Cl)nc34)cc2)c2cc(C)c3nc(Cl)c(-c4ccccc4)c(Cl)c3c2)CC1. The molecule has 5 heterocycles. The molecule has 0 aliphatic carbocycles. The summed E-state index contributed by atoms with van der Waals surface area (Å²) in [5, 5.41) is 28.7. The summed E-state index contributed by atoms with van der Waals surface area (Å²) in [4.78, 5) is 32.0. The highest BCUT2D eigenvalue weighted by Gasteiger charge is 2.43. The maximum Gasteiger partial charge on any atom is 0.433 e. The normalized spacial score (nSPS) is 15.2. The molecule has 0 saturated carbocycles. The highest BCUT2D eigenvalue weighted by atomic mass is 35.5. The van der Waals surface area contributed by atoms with E-state index in [1.54, 1.807) is 35.6 Å². The van der Waals surface area contributed by atoms with Gasteiger partial charge in [0, 0.05) is 60.7 Å². The molecule has 73 heavy (non-hydrogen) atoms. The van der Waals surface area contributed by atoms with Crippen molar-refractivity contribution in [1.29, 1.82) is 0 Å². The summed E-state index contributed by atoms with van der Waals surface area (Å²) in [7, 11) is 1.67. The van der Waals surface area contributed by atoms with Gasteiger partial charge in [-0.3, -0.25) is 9.78 Å². The molecule has 9 nitrogen and oxygen atoms in total. The molecule has 0 bridgehead atoms. The smallest absolute Gasteiger partial charge is 0.380 e. The van der Waals surface area contributed by atoms with Gasteiger partial charge in [-0.25, -0.2) is 15.0 Å². The first-order valence-electron chi connectivity index (χ1n) is 23.4. The molecule has 0 spiro atoms. The first-order valence-corrected chi connectivity index (χ1v) is 24.9. The maximum atomic E-state index is 13.8. The summed E-state index contributed by atoms with van der Waals surface area (Å²) in [5.74, 6) is -0.355. The number of rotatable bonds is 10. The number of likely N-dealkylation sites (tertiary alicyclic amines) is 1. The van der Waals surface area contributed by atoms with Crippen LogP contribution in [-0.2, 0) is 35.6 Å². The lowest BCUT2D eigenvalue weighted by atomic mass is 9.71. The van der Waals surface area contributed by atoms with Gasteiger partial charge in [-0.1, -0.05) is 143 Å². The predicted molar refractivity (Wildman–Crippen MR) is 281 cm³/mol. The highest BCUT2D eigenvalue weighted by molar-refractivity contribution is 6.43. The minimum absolute atomic E-state index is 0.0317. The van der Waals surface area contributed by atoms with Crippen molar-refractivity contribution in [1.82, 2.24) is 29.4 Å². The van der Waals surface area contributed by atoms with Crippen LogP contribution in [0.2, 0.25) is 20.4 Å². The number of aryl methyl sites for hydroxylation is 2. The summed E-state index contributed by atoms with van der Waals surface area (Å²) in [5.41, 5.74) is 2.64. The van der Waals surface area contributed by atoms with Crippen LogP contribution in [0.3, 0.4) is 0 Å². The first kappa shape index (κ1) is 50.2. The number of carbonyl (C=O) groups excluding carboxylic acids is 1. The van der Waals surface area contributed by atoms with Gasteiger partial charge in [-0.15, -0.1) is 0 Å². The van der Waals surface area contributed by atoms with Crippen molar-refractivity contribution in [2.24, 2.45) is 13.0 Å². The van der Waals surface area contributed by atoms with Crippen LogP contribution in [0.15, 0.2) is 140 Å². The average Bonchev–Trinajstić information content (AvgIpc) is 3.83. The van der Waals surface area contributed by atoms with Crippen LogP contribution in [0.1, 0.15) is 70.1 Å². The lowest BCUT2D eigenvalue weighted by molar-refractivity contribution is -0.141. The lowest BCUT2D eigenvalue weighted by Crippen LogP contribution is -2.45. The number of aromatic nitrogens is 5. The van der Waals surface area contributed by atoms with Crippen LogP contribution in [0.4, 0.5) is 13.2 Å². The second-order valence-electron chi connectivity index (χ2n) is 18.6. The second-order valence-corrected chi connectivity index (χ2v) is 20.1. The van der Waals surface area contributed by atoms with Gasteiger partial charge in [0.15, 0.2) is 5.60 Å². The Kier molecular flexibility index (Phi) is 13.4. The van der Waals surface area contributed by atoms with Gasteiger partial charge in [0.25, 0.3) is 0 Å². The Labute approximate surface area is 438 Å². The molecule has 4 aromatic heterocycles. The fourth-order valence-electron chi connectivity index (χ4n) is 10.4. The average molecular weight is 1060 g/mol. The molecular weight excluding hydrogens is 1020 g/mol. The molecule has 2 unspecified atom stereocenters. The Balaban J connectivity index is 1.12. The Bertz CT molecular complexity index is 3570. The third-order valence-corrected chi connectivity index (χ3v) is 15.5. The number of piperidine rings is 1. The number of imidazole rings is 1. The van der Waals surface area contributed by atoms with Gasteiger partial charge >= 0.3 is 6.18 Å². The lowest BCUT2D eigenvalue weighted by Gasteiger charge is -2.42. The third kappa shape index (κ3) is 9.02. The molecule has 9 aromatic rings. The molecule has 1 saturated heterocycles. The van der Waals surface area contributed by atoms with E-state index in [4.69, 9.17) is 56.4 Å². The van der Waals surface area contributed by atoms with Crippen LogP contribution < -0.4 is 0 Å². The number of nitrogens with zero attached hydrogens (tertiary/aromatic N) is 6. The fraction of sp³-hybridized carbons (Fsp3) is 0.211. The molecule has 1 aliphatic rings. The van der Waals surface area contributed by atoms with Gasteiger partial charge in [-0.05, 0) is 101 Å². The number of amides is 1. The van der Waals surface area contributed by atoms with E-state index in [2.05, 4.69) is 9.97 Å². The zero-order chi connectivity index (χ0) is 51.6. The Morgan fingerprint density at radius 3 is 1.79 bits per heavy atom. The first-order chi connectivity index (χ1) is 34.9. The topological polar surface area (TPSA) is 117 Å². The summed E-state index contributed by atoms with van der Waals surface area (Å²) in [6, 6.07) is 35.6. The molecule has 10 rings (SSSR count). The highest BCUT2D eigenvalue weighted by Crippen LogP contribution is 2.48. The van der Waals surface area contributed by atoms with Gasteiger partial charge in [0.1, 0.15) is 21.6 Å². The van der Waals surface area contributed by atoms with E-state index in [-0.39, 0.29) is 50.4 Å². The van der Waals surface area contributed by atoms with Crippen molar-refractivity contribution in [2.45, 2.75) is 50.5 Å². The molecular formula is C57H45Cl4F3N6O3. The number of alkyl halides is 3. The van der Waals surface area contributed by atoms with Gasteiger partial charge < -0.3 is 19.7 Å². The Morgan fingerprint density at radius 1 is 0.699 bits per heavy atom. The third-order valence-electron chi connectivity index (χ3n) is 14.2. The molecule has 16 heteroatoms. The van der Waals surface area contributed by atoms with Crippen LogP contribution >= 0.6 is 46.4 Å². The van der Waals surface area contributed by atoms with E-state index in [1.165, 1.54) is 18.6 Å². The van der Waals surface area contributed by atoms with Crippen LogP contribution in [0.5, 0.6) is 0 Å². The molecule has 1 fully saturated rings. The molecule has 2 atom stereocenters. The summed E-state index contributed by atoms with van der Waals surface area (Å²) < 4.78 is 43.1. The number of hydrogen-bond acceptors (Lipinski definition) is 7. The number of halogens is 7. The van der Waals surface area contributed by atoms with Crippen molar-refractivity contribution in [2.75, 3.05) is 13.1 Å². The monoisotopic (exact) mass is 1060 g/mol. The maximum absolute atomic E-state index is 13.8. The van der Waals surface area contributed by atoms with Gasteiger partial charge in [-0.2, -0.15) is 13.2 Å². The largest absolute Gasteiger partial charge is 0.433 e. The fourth-order valence-corrected chi connectivity index (χ4v) is 11.8. The summed E-state index contributed by atoms with van der Waals surface area (Å²) in [6.07, 6.45) is 0.463. The number of fused-ring (bicyclic) bond motifs is 2. The Hall–Kier alpha value is -6.38. The zero-order valence-electron chi connectivity index (χ0n) is 39.5. The summed E-state index contributed by atoms with van der Waals surface area (Å²) in [6.45, 7) is 4.38. The number of hydrogen-bond donors (Lipinski definition) is 2. The van der Waals surface area contributed by atoms with Crippen LogP contribution in [-0.4, -0.2) is 58.6 Å². The minimum atomic E-state index is -4.72. The van der Waals surface area contributed by atoms with E-state index in [1.807, 2.05) is 104 Å². The van der Waals surface area contributed by atoms with E-state index in [9.17, 15) is 28.2 Å². The molecule has 0 radical (unpaired) electrons. The van der Waals surface area contributed by atoms with Crippen molar-refractivity contribution >= 4 is 74.1 Å². The number of aliphatic hydroxyl groups is 2. The van der Waals surface area contributed by atoms with Gasteiger partial charge in [0.2, 0.25) is 5.91 Å². The molecule has 1 amide bonds. The molecule has 2 N–H and O–H groups in total. The van der Waals surface area contributed by atoms with E-state index in [0.29, 0.717) is 86.1 Å². The van der Waals surface area contributed by atoms with Crippen molar-refractivity contribution in [3.63, 3.8) is 0 Å². The predicted octanol–water partition coefficient (Wildman–Crippen LogP) is 13.6. The number of carbonyl (C=O) groups is 1.